The van der Waals surface area contributed by atoms with E-state index in [4.69, 9.17) is 14.2 Å². The molecular formula is C26H23BrN2O5S. The lowest BCUT2D eigenvalue weighted by Crippen LogP contribution is -2.29. The molecule has 6 rings (SSSR count). The van der Waals surface area contributed by atoms with Gasteiger partial charge in [-0.05, 0) is 78.1 Å². The maximum atomic E-state index is 13.2. The van der Waals surface area contributed by atoms with Gasteiger partial charge in [0.05, 0.1) is 18.0 Å². The molecule has 2 aliphatic heterocycles. The zero-order valence-corrected chi connectivity index (χ0v) is 21.2. The molecule has 7 nitrogen and oxygen atoms in total. The Balaban J connectivity index is 1.33. The molecule has 0 saturated carbocycles. The molecule has 0 unspecified atom stereocenters. The molecule has 0 bridgehead atoms. The second-order valence-electron chi connectivity index (χ2n) is 8.79. The summed E-state index contributed by atoms with van der Waals surface area (Å²) in [5.74, 6) is 2.48. The van der Waals surface area contributed by atoms with E-state index in [1.807, 2.05) is 18.2 Å². The highest BCUT2D eigenvalue weighted by Crippen LogP contribution is 2.52. The van der Waals surface area contributed by atoms with E-state index in [2.05, 4.69) is 38.1 Å². The van der Waals surface area contributed by atoms with E-state index < -0.39 is 10.0 Å². The van der Waals surface area contributed by atoms with Gasteiger partial charge in [0.2, 0.25) is 6.79 Å². The van der Waals surface area contributed by atoms with Crippen molar-refractivity contribution in [3.05, 3.63) is 82.3 Å². The van der Waals surface area contributed by atoms with Gasteiger partial charge in [0.25, 0.3) is 10.0 Å². The molecule has 9 heteroatoms. The predicted molar refractivity (Wildman–Crippen MR) is 137 cm³/mol. The average Bonchev–Trinajstić information content (AvgIpc) is 3.53. The maximum absolute atomic E-state index is 13.2. The number of rotatable bonds is 5. The van der Waals surface area contributed by atoms with Gasteiger partial charge in [0.1, 0.15) is 5.75 Å². The van der Waals surface area contributed by atoms with E-state index in [0.29, 0.717) is 11.4 Å². The van der Waals surface area contributed by atoms with Crippen LogP contribution in [0.5, 0.6) is 17.2 Å². The second-order valence-corrected chi connectivity index (χ2v) is 11.3. The summed E-state index contributed by atoms with van der Waals surface area (Å²) < 4.78 is 46.2. The molecule has 180 valence electrons. The normalized spacial score (nSPS) is 21.7. The van der Waals surface area contributed by atoms with E-state index in [1.54, 1.807) is 43.5 Å². The molecule has 3 atom stereocenters. The van der Waals surface area contributed by atoms with Crippen LogP contribution in [-0.2, 0) is 10.0 Å². The van der Waals surface area contributed by atoms with Gasteiger partial charge in [-0.2, -0.15) is 0 Å². The molecule has 0 saturated heterocycles. The van der Waals surface area contributed by atoms with Gasteiger partial charge in [0.15, 0.2) is 11.5 Å². The number of anilines is 2. The van der Waals surface area contributed by atoms with Crippen LogP contribution in [0.25, 0.3) is 0 Å². The van der Waals surface area contributed by atoms with Gasteiger partial charge in [-0.25, -0.2) is 8.42 Å². The van der Waals surface area contributed by atoms with Crippen LogP contribution >= 0.6 is 15.9 Å². The van der Waals surface area contributed by atoms with E-state index in [9.17, 15) is 8.42 Å². The van der Waals surface area contributed by atoms with Crippen molar-refractivity contribution in [2.24, 2.45) is 5.92 Å². The van der Waals surface area contributed by atoms with Gasteiger partial charge in [0, 0.05) is 21.8 Å². The lowest BCUT2D eigenvalue weighted by molar-refractivity contribution is 0.174. The summed E-state index contributed by atoms with van der Waals surface area (Å²) in [6, 6.07) is 16.1. The smallest absolute Gasteiger partial charge is 0.261 e. The molecule has 3 aliphatic rings. The van der Waals surface area contributed by atoms with Gasteiger partial charge in [-0.1, -0.05) is 28.1 Å². The Kier molecular flexibility index (Phi) is 5.41. The molecule has 0 fully saturated rings. The summed E-state index contributed by atoms with van der Waals surface area (Å²) in [5.41, 5.74) is 3.48. The monoisotopic (exact) mass is 554 g/mol. The summed E-state index contributed by atoms with van der Waals surface area (Å²) in [6.07, 6.45) is 5.26. The van der Waals surface area contributed by atoms with Crippen molar-refractivity contribution in [2.75, 3.05) is 23.9 Å². The quantitative estimate of drug-likeness (QED) is 0.387. The van der Waals surface area contributed by atoms with Gasteiger partial charge >= 0.3 is 0 Å². The lowest BCUT2D eigenvalue weighted by Gasteiger charge is -2.38. The van der Waals surface area contributed by atoms with Gasteiger partial charge in [-0.3, -0.25) is 4.72 Å². The zero-order valence-electron chi connectivity index (χ0n) is 18.8. The highest BCUT2D eigenvalue weighted by molar-refractivity contribution is 9.10. The highest BCUT2D eigenvalue weighted by atomic mass is 79.9. The minimum Gasteiger partial charge on any atom is -0.497 e. The first kappa shape index (κ1) is 22.3. The van der Waals surface area contributed by atoms with Crippen LogP contribution in [0.15, 0.2) is 76.1 Å². The number of hydrogen-bond acceptors (Lipinski definition) is 6. The van der Waals surface area contributed by atoms with Gasteiger partial charge in [-0.15, -0.1) is 0 Å². The van der Waals surface area contributed by atoms with Crippen LogP contribution < -0.4 is 24.2 Å². The number of sulfonamides is 1. The van der Waals surface area contributed by atoms with Crippen molar-refractivity contribution >= 4 is 37.3 Å². The molecule has 0 amide bonds. The molecule has 35 heavy (non-hydrogen) atoms. The Morgan fingerprint density at radius 3 is 2.57 bits per heavy atom. The summed E-state index contributed by atoms with van der Waals surface area (Å²) in [4.78, 5) is 0.232. The average molecular weight is 555 g/mol. The first-order valence-electron chi connectivity index (χ1n) is 11.3. The largest absolute Gasteiger partial charge is 0.497 e. The maximum Gasteiger partial charge on any atom is 0.261 e. The summed E-state index contributed by atoms with van der Waals surface area (Å²) in [7, 11) is -2.18. The van der Waals surface area contributed by atoms with E-state index in [-0.39, 0.29) is 29.6 Å². The first-order chi connectivity index (χ1) is 16.9. The van der Waals surface area contributed by atoms with Crippen molar-refractivity contribution in [1.29, 1.82) is 0 Å². The Bertz CT molecular complexity index is 1440. The fourth-order valence-electron chi connectivity index (χ4n) is 5.09. The van der Waals surface area contributed by atoms with Crippen molar-refractivity contribution in [3.63, 3.8) is 0 Å². The highest BCUT2D eigenvalue weighted by Gasteiger charge is 2.39. The summed E-state index contributed by atoms with van der Waals surface area (Å²) >= 11 is 3.71. The Labute approximate surface area is 212 Å². The van der Waals surface area contributed by atoms with Crippen molar-refractivity contribution in [1.82, 2.24) is 0 Å². The molecule has 0 aromatic heterocycles. The molecule has 2 N–H and O–H groups in total. The van der Waals surface area contributed by atoms with Crippen LogP contribution in [0, 0.1) is 5.92 Å². The molecule has 3 aromatic carbocycles. The first-order valence-corrected chi connectivity index (χ1v) is 13.5. The summed E-state index contributed by atoms with van der Waals surface area (Å²) in [6.45, 7) is 0.224. The molecule has 2 heterocycles. The van der Waals surface area contributed by atoms with Crippen molar-refractivity contribution in [3.8, 4) is 17.2 Å². The fraction of sp³-hybridized carbons (Fsp3) is 0.231. The van der Waals surface area contributed by atoms with Gasteiger partial charge < -0.3 is 19.5 Å². The number of ether oxygens (including phenoxy) is 3. The third kappa shape index (κ3) is 3.92. The molecule has 1 aliphatic carbocycles. The molecule has 0 radical (unpaired) electrons. The second kappa shape index (κ2) is 8.49. The zero-order chi connectivity index (χ0) is 24.2. The third-order valence-corrected chi connectivity index (χ3v) is 8.88. The van der Waals surface area contributed by atoms with Crippen LogP contribution in [0.3, 0.4) is 0 Å². The van der Waals surface area contributed by atoms with E-state index >= 15 is 0 Å². The standard InChI is InChI=1S/C26H23BrN2O5S/c1-32-16-7-5-15(6-8-16)29-35(30,31)17-9-10-23-20(11-17)18-3-2-4-19(18)26(28-23)21-12-24-25(13-22(21)27)34-14-33-24/h2-3,5-13,18-19,26,28-29H,4,14H2,1H3/t18-,19+,26-/m0/s1. The predicted octanol–water partition coefficient (Wildman–Crippen LogP) is 5.81. The minimum absolute atomic E-state index is 0.0336. The van der Waals surface area contributed by atoms with Crippen molar-refractivity contribution < 1.29 is 22.6 Å². The van der Waals surface area contributed by atoms with Crippen LogP contribution in [0.1, 0.15) is 29.5 Å². The number of allylic oxidation sites excluding steroid dienone is 2. The van der Waals surface area contributed by atoms with E-state index in [1.165, 1.54) is 0 Å². The third-order valence-electron chi connectivity index (χ3n) is 6.81. The SMILES string of the molecule is COc1ccc(NS(=O)(=O)c2ccc3c(c2)[C@H]2C=CC[C@H]2[C@@H](c2cc4c(cc2Br)OCO4)N3)cc1. The Morgan fingerprint density at radius 1 is 1.03 bits per heavy atom. The van der Waals surface area contributed by atoms with E-state index in [0.717, 1.165) is 39.2 Å². The fourth-order valence-corrected chi connectivity index (χ4v) is 6.75. The number of benzene rings is 3. The number of methoxy groups -OCH3 is 1. The van der Waals surface area contributed by atoms with Crippen LogP contribution in [0.4, 0.5) is 11.4 Å². The number of nitrogens with one attached hydrogen (secondary N) is 2. The number of hydrogen-bond donors (Lipinski definition) is 2. The molecular weight excluding hydrogens is 532 g/mol. The number of halogens is 1. The number of fused-ring (bicyclic) bond motifs is 4. The molecule has 3 aromatic rings. The van der Waals surface area contributed by atoms with Crippen molar-refractivity contribution in [2.45, 2.75) is 23.3 Å². The Morgan fingerprint density at radius 2 is 1.80 bits per heavy atom. The minimum atomic E-state index is -3.75. The Hall–Kier alpha value is -3.17. The molecule has 0 spiro atoms. The van der Waals surface area contributed by atoms with Crippen LogP contribution in [0.2, 0.25) is 0 Å². The lowest BCUT2D eigenvalue weighted by atomic mass is 9.77. The van der Waals surface area contributed by atoms with Crippen LogP contribution in [-0.4, -0.2) is 22.3 Å². The summed E-state index contributed by atoms with van der Waals surface area (Å²) in [5, 5.41) is 3.66. The topological polar surface area (TPSA) is 85.9 Å².